The number of imidazole rings is 2. The number of hydrogen-bond donors (Lipinski definition) is 0. The molecule has 6 aromatic rings. The molecule has 0 N–H and O–H groups in total. The van der Waals surface area contributed by atoms with Crippen molar-refractivity contribution in [2.24, 2.45) is 0 Å². The van der Waals surface area contributed by atoms with Crippen molar-refractivity contribution in [1.29, 1.82) is 0 Å². The van der Waals surface area contributed by atoms with Gasteiger partial charge < -0.3 is 28.1 Å². The highest BCUT2D eigenvalue weighted by Crippen LogP contribution is 2.48. The first kappa shape index (κ1) is 31.7. The first-order valence-corrected chi connectivity index (χ1v) is 20.6. The Morgan fingerprint density at radius 2 is 1.28 bits per heavy atom. The van der Waals surface area contributed by atoms with Crippen molar-refractivity contribution in [2.45, 2.75) is 99.8 Å². The number of benzene rings is 2. The summed E-state index contributed by atoms with van der Waals surface area (Å²) in [5.74, 6) is 2.63. The maximum atomic E-state index is 6.89. The summed E-state index contributed by atoms with van der Waals surface area (Å²) in [5.41, 5.74) is 10.8. The maximum absolute atomic E-state index is 6.89. The van der Waals surface area contributed by atoms with Crippen molar-refractivity contribution in [1.82, 2.24) is 28.6 Å². The Labute approximate surface area is 316 Å². The summed E-state index contributed by atoms with van der Waals surface area (Å²) < 4.78 is 18.0. The number of hydrogen-bond acceptors (Lipinski definition) is 6. The molecular weight excluding hydrogens is 669 g/mol. The Morgan fingerprint density at radius 1 is 0.611 bits per heavy atom. The van der Waals surface area contributed by atoms with Crippen LogP contribution >= 0.6 is 0 Å². The molecule has 0 bridgehead atoms. The number of pyridine rings is 2. The van der Waals surface area contributed by atoms with Gasteiger partial charge in [0.2, 0.25) is 0 Å². The maximum Gasteiger partial charge on any atom is 0.137 e. The van der Waals surface area contributed by atoms with Crippen LogP contribution < -0.4 is 9.47 Å². The lowest BCUT2D eigenvalue weighted by molar-refractivity contribution is -0.0286. The second-order valence-corrected chi connectivity index (χ2v) is 17.5. The van der Waals surface area contributed by atoms with Gasteiger partial charge in [-0.1, -0.05) is 18.6 Å². The molecule has 6 aliphatic heterocycles. The minimum absolute atomic E-state index is 0.00911. The van der Waals surface area contributed by atoms with Crippen LogP contribution in [0.3, 0.4) is 0 Å². The molecular formula is C46H48N6O2. The Kier molecular flexibility index (Phi) is 6.99. The van der Waals surface area contributed by atoms with E-state index >= 15 is 0 Å². The van der Waals surface area contributed by atoms with Gasteiger partial charge in [0, 0.05) is 101 Å². The first-order valence-electron chi connectivity index (χ1n) is 20.6. The van der Waals surface area contributed by atoms with Crippen LogP contribution in [-0.2, 0) is 12.8 Å². The third-order valence-electron chi connectivity index (χ3n) is 14.3. The highest BCUT2D eigenvalue weighted by atomic mass is 16.5. The predicted molar refractivity (Wildman–Crippen MR) is 210 cm³/mol. The van der Waals surface area contributed by atoms with E-state index in [1.807, 2.05) is 12.4 Å². The molecule has 0 radical (unpaired) electrons. The number of piperidine rings is 4. The molecule has 12 rings (SSSR count). The molecule has 4 aromatic heterocycles. The minimum atomic E-state index is -0.111. The van der Waals surface area contributed by atoms with E-state index in [9.17, 15) is 0 Å². The van der Waals surface area contributed by atoms with Crippen molar-refractivity contribution in [2.75, 3.05) is 26.2 Å². The van der Waals surface area contributed by atoms with E-state index in [0.717, 1.165) is 80.8 Å². The van der Waals surface area contributed by atoms with E-state index in [0.29, 0.717) is 18.0 Å². The third kappa shape index (κ3) is 5.24. The summed E-state index contributed by atoms with van der Waals surface area (Å²) >= 11 is 0. The fourth-order valence-corrected chi connectivity index (χ4v) is 11.4. The van der Waals surface area contributed by atoms with Gasteiger partial charge in [0.25, 0.3) is 0 Å². The summed E-state index contributed by atoms with van der Waals surface area (Å²) in [7, 11) is 0. The summed E-state index contributed by atoms with van der Waals surface area (Å²) in [6.07, 6.45) is 23.5. The summed E-state index contributed by atoms with van der Waals surface area (Å²) in [6, 6.07) is 23.6. The van der Waals surface area contributed by atoms with Crippen molar-refractivity contribution in [3.8, 4) is 33.8 Å². The average molecular weight is 717 g/mol. The standard InChI is InChI=1S/C46H48N6O2/c1-2-16-49-18-13-45(26-38(49)3-1)24-36-22-32(5-9-41(36)53-45)35-7-11-44-48-40(30-52(44)29-35)33-12-17-50-19-14-46(27-39(50)23-33)25-37-21-31(4-8-42(37)54-46)34-6-10-43-47-15-20-51(43)28-34/h4-11,15,20-22,28-30,33,38-39H,1-3,12-14,16-19,23-27H2. The number of rotatable bonds is 3. The largest absolute Gasteiger partial charge is 0.487 e. The van der Waals surface area contributed by atoms with Gasteiger partial charge in [-0.15, -0.1) is 0 Å². The lowest BCUT2D eigenvalue weighted by Crippen LogP contribution is -2.55. The van der Waals surface area contributed by atoms with Gasteiger partial charge in [0.15, 0.2) is 0 Å². The number of nitrogens with zero attached hydrogens (tertiary/aromatic N) is 6. The van der Waals surface area contributed by atoms with Crippen LogP contribution in [0.4, 0.5) is 0 Å². The van der Waals surface area contributed by atoms with Gasteiger partial charge in [0.05, 0.1) is 5.69 Å². The molecule has 5 unspecified atom stereocenters. The molecule has 8 heteroatoms. The SMILES string of the molecule is c1cn2cc(-c3ccc4c(c3)CC3(CCN5CCC(c6cn7cc(-c8ccc9c(c8)CC8(CCN%10CCCCC%10C8)O9)ccc7n6)CC5C3)O4)ccc2n1. The summed E-state index contributed by atoms with van der Waals surface area (Å²) in [6.45, 7) is 4.70. The zero-order valence-corrected chi connectivity index (χ0v) is 31.0. The molecule has 4 saturated heterocycles. The highest BCUT2D eigenvalue weighted by Gasteiger charge is 2.48. The van der Waals surface area contributed by atoms with Gasteiger partial charge in [-0.2, -0.15) is 0 Å². The Balaban J connectivity index is 0.743. The molecule has 0 aliphatic carbocycles. The normalized spacial score (nSPS) is 29.2. The lowest BCUT2D eigenvalue weighted by Gasteiger charge is -2.48. The molecule has 0 amide bonds. The van der Waals surface area contributed by atoms with Crippen LogP contribution in [0, 0.1) is 0 Å². The highest BCUT2D eigenvalue weighted by molar-refractivity contribution is 5.68. The van der Waals surface area contributed by atoms with E-state index in [1.165, 1.54) is 77.8 Å². The number of fused-ring (bicyclic) bond motifs is 6. The van der Waals surface area contributed by atoms with Crippen molar-refractivity contribution >= 4 is 11.3 Å². The predicted octanol–water partition coefficient (Wildman–Crippen LogP) is 8.35. The summed E-state index contributed by atoms with van der Waals surface area (Å²) in [5, 5.41) is 0. The average Bonchev–Trinajstić information content (AvgIpc) is 4.00. The van der Waals surface area contributed by atoms with Crippen LogP contribution in [0.15, 0.2) is 91.6 Å². The van der Waals surface area contributed by atoms with Gasteiger partial charge in [-0.05, 0) is 121 Å². The second-order valence-electron chi connectivity index (χ2n) is 17.5. The first-order chi connectivity index (χ1) is 26.5. The van der Waals surface area contributed by atoms with E-state index < -0.39 is 0 Å². The third-order valence-corrected chi connectivity index (χ3v) is 14.3. The molecule has 10 heterocycles. The van der Waals surface area contributed by atoms with Gasteiger partial charge in [0.1, 0.15) is 34.0 Å². The van der Waals surface area contributed by atoms with Crippen LogP contribution in [0.5, 0.6) is 11.5 Å². The van der Waals surface area contributed by atoms with Gasteiger partial charge in [-0.3, -0.25) is 0 Å². The number of ether oxygens (including phenoxy) is 2. The molecule has 2 aromatic carbocycles. The van der Waals surface area contributed by atoms with Crippen LogP contribution in [0.1, 0.15) is 80.5 Å². The molecule has 54 heavy (non-hydrogen) atoms. The van der Waals surface area contributed by atoms with Crippen LogP contribution in [-0.4, -0.2) is 78.0 Å². The molecule has 4 fully saturated rings. The van der Waals surface area contributed by atoms with Crippen molar-refractivity contribution in [3.63, 3.8) is 0 Å². The van der Waals surface area contributed by atoms with E-state index in [4.69, 9.17) is 14.5 Å². The Bertz CT molecular complexity index is 2430. The Hall–Kier alpha value is -4.66. The quantitative estimate of drug-likeness (QED) is 0.184. The van der Waals surface area contributed by atoms with Crippen LogP contribution in [0.2, 0.25) is 0 Å². The zero-order valence-electron chi connectivity index (χ0n) is 31.0. The molecule has 274 valence electrons. The molecule has 2 spiro atoms. The zero-order chi connectivity index (χ0) is 35.4. The van der Waals surface area contributed by atoms with Gasteiger partial charge in [-0.25, -0.2) is 9.97 Å². The molecule has 6 aliphatic rings. The monoisotopic (exact) mass is 716 g/mol. The lowest BCUT2D eigenvalue weighted by atomic mass is 9.77. The molecule has 0 saturated carbocycles. The minimum Gasteiger partial charge on any atom is -0.487 e. The van der Waals surface area contributed by atoms with E-state index in [2.05, 4.69) is 103 Å². The van der Waals surface area contributed by atoms with Crippen molar-refractivity contribution in [3.05, 3.63) is 108 Å². The summed E-state index contributed by atoms with van der Waals surface area (Å²) in [4.78, 5) is 15.1. The smallest absolute Gasteiger partial charge is 0.137 e. The number of aromatic nitrogens is 4. The second kappa shape index (κ2) is 11.9. The van der Waals surface area contributed by atoms with E-state index in [-0.39, 0.29) is 11.2 Å². The molecule has 5 atom stereocenters. The molecule has 8 nitrogen and oxygen atoms in total. The van der Waals surface area contributed by atoms with E-state index in [1.54, 1.807) is 0 Å². The topological polar surface area (TPSA) is 59.5 Å². The van der Waals surface area contributed by atoms with Gasteiger partial charge >= 0.3 is 0 Å². The fraction of sp³-hybridized carbons (Fsp3) is 0.435. The Morgan fingerprint density at radius 3 is 2.04 bits per heavy atom. The van der Waals surface area contributed by atoms with Crippen molar-refractivity contribution < 1.29 is 9.47 Å². The fourth-order valence-electron chi connectivity index (χ4n) is 11.4. The van der Waals surface area contributed by atoms with Crippen LogP contribution in [0.25, 0.3) is 33.5 Å².